The van der Waals surface area contributed by atoms with Gasteiger partial charge in [-0.15, -0.1) is 0 Å². The molecular weight excluding hydrogens is 492 g/mol. The Kier molecular flexibility index (Phi) is 5.27. The molecule has 4 aromatic rings. The van der Waals surface area contributed by atoms with E-state index in [0.29, 0.717) is 28.9 Å². The molecular formula is C25H22Cl2FN5O2. The zero-order chi connectivity index (χ0) is 24.5. The number of halogens is 3. The van der Waals surface area contributed by atoms with Gasteiger partial charge in [0.1, 0.15) is 41.0 Å². The molecule has 2 aliphatic rings. The minimum absolute atomic E-state index is 0.128. The van der Waals surface area contributed by atoms with Gasteiger partial charge in [-0.05, 0) is 62.1 Å². The van der Waals surface area contributed by atoms with Crippen molar-refractivity contribution in [1.82, 2.24) is 19.5 Å². The van der Waals surface area contributed by atoms with Crippen LogP contribution < -0.4 is 5.73 Å². The fourth-order valence-electron chi connectivity index (χ4n) is 5.09. The van der Waals surface area contributed by atoms with Gasteiger partial charge in [0.25, 0.3) is 0 Å². The van der Waals surface area contributed by atoms with Crippen LogP contribution in [0.4, 0.5) is 10.2 Å². The maximum Gasteiger partial charge on any atom is 0.164 e. The Morgan fingerprint density at radius 3 is 2.77 bits per heavy atom. The van der Waals surface area contributed by atoms with E-state index in [1.807, 2.05) is 36.7 Å². The molecule has 0 saturated carbocycles. The van der Waals surface area contributed by atoms with Crippen molar-refractivity contribution in [2.75, 3.05) is 5.73 Å². The van der Waals surface area contributed by atoms with Crippen LogP contribution in [0.25, 0.3) is 21.9 Å². The average molecular weight is 514 g/mol. The number of nitrogens with zero attached hydrogens (tertiary/aromatic N) is 4. The summed E-state index contributed by atoms with van der Waals surface area (Å²) in [7, 11) is 0. The van der Waals surface area contributed by atoms with Crippen molar-refractivity contribution < 1.29 is 13.9 Å². The number of fused-ring (bicyclic) bond motifs is 3. The zero-order valence-electron chi connectivity index (χ0n) is 19.0. The van der Waals surface area contributed by atoms with Crippen molar-refractivity contribution in [2.45, 2.75) is 50.7 Å². The molecule has 4 heterocycles. The van der Waals surface area contributed by atoms with Crippen molar-refractivity contribution >= 4 is 51.0 Å². The molecule has 1 fully saturated rings. The summed E-state index contributed by atoms with van der Waals surface area (Å²) in [5, 5.41) is 1.78. The number of hydrogen-bond donors (Lipinski definition) is 1. The van der Waals surface area contributed by atoms with Crippen molar-refractivity contribution in [2.24, 2.45) is 0 Å². The third kappa shape index (κ3) is 3.85. The summed E-state index contributed by atoms with van der Waals surface area (Å²) in [5.41, 5.74) is 8.95. The highest BCUT2D eigenvalue weighted by atomic mass is 35.5. The van der Waals surface area contributed by atoms with E-state index >= 15 is 0 Å². The summed E-state index contributed by atoms with van der Waals surface area (Å²) in [6, 6.07) is 6.66. The lowest BCUT2D eigenvalue weighted by Gasteiger charge is -2.22. The van der Waals surface area contributed by atoms with E-state index in [1.54, 1.807) is 0 Å². The predicted octanol–water partition coefficient (Wildman–Crippen LogP) is 5.64. The summed E-state index contributed by atoms with van der Waals surface area (Å²) in [5.74, 6) is -0.917. The van der Waals surface area contributed by atoms with Gasteiger partial charge in [-0.3, -0.25) is 0 Å². The maximum absolute atomic E-state index is 14.8. The van der Waals surface area contributed by atoms with Gasteiger partial charge in [-0.2, -0.15) is 0 Å². The standard InChI is InChI=1S/C25H22Cl2FN5O2/c1-25(2)34-20-13(4-3-12-7-17(28)15-10-16(26)23(29)32-18(15)8-12)9-19(21(20)35-25)33-6-5-14-22(27)30-11-31-24(14)33/h5-11,19-21H,3-4H2,1-2H3,(H2,29,32)/t19-,20-,21+/m1/s1. The van der Waals surface area contributed by atoms with Crippen LogP contribution in [0.2, 0.25) is 10.2 Å². The highest BCUT2D eigenvalue weighted by Crippen LogP contribution is 2.45. The monoisotopic (exact) mass is 513 g/mol. The number of ether oxygens (including phenoxy) is 2. The highest BCUT2D eigenvalue weighted by Gasteiger charge is 2.50. The number of hydrogen-bond acceptors (Lipinski definition) is 6. The number of nitrogen functional groups attached to an aromatic ring is 1. The first-order valence-electron chi connectivity index (χ1n) is 11.3. The molecule has 180 valence electrons. The Morgan fingerprint density at radius 1 is 1.11 bits per heavy atom. The molecule has 0 bridgehead atoms. The Balaban J connectivity index is 1.33. The molecule has 7 nitrogen and oxygen atoms in total. The maximum atomic E-state index is 14.8. The van der Waals surface area contributed by atoms with Gasteiger partial charge in [-0.25, -0.2) is 19.3 Å². The quantitative estimate of drug-likeness (QED) is 0.280. The van der Waals surface area contributed by atoms with Crippen LogP contribution in [0.15, 0.2) is 48.4 Å². The first-order chi connectivity index (χ1) is 16.7. The average Bonchev–Trinajstić information content (AvgIpc) is 3.45. The topological polar surface area (TPSA) is 88.1 Å². The minimum atomic E-state index is -0.724. The second kappa shape index (κ2) is 8.13. The number of nitrogens with two attached hydrogens (primary N) is 1. The normalized spacial score (nSPS) is 23.2. The second-order valence-corrected chi connectivity index (χ2v) is 10.1. The third-order valence-corrected chi connectivity index (χ3v) is 7.23. The Morgan fingerprint density at radius 2 is 1.94 bits per heavy atom. The molecule has 10 heteroatoms. The smallest absolute Gasteiger partial charge is 0.164 e. The van der Waals surface area contributed by atoms with Gasteiger partial charge in [0.05, 0.1) is 22.0 Å². The van der Waals surface area contributed by atoms with Crippen LogP contribution in [-0.2, 0) is 15.9 Å². The van der Waals surface area contributed by atoms with Gasteiger partial charge < -0.3 is 19.8 Å². The number of anilines is 1. The lowest BCUT2D eigenvalue weighted by atomic mass is 10.0. The van der Waals surface area contributed by atoms with Crippen LogP contribution in [0.5, 0.6) is 0 Å². The number of aromatic nitrogens is 4. The van der Waals surface area contributed by atoms with Crippen LogP contribution in [-0.4, -0.2) is 37.5 Å². The summed E-state index contributed by atoms with van der Waals surface area (Å²) >= 11 is 12.3. The Hall–Kier alpha value is -2.78. The SMILES string of the molecule is CC1(C)O[C@@H]2[C@H](O1)C(CCc1cc(F)c3cc(Cl)c(N)nc3c1)=C[C@H]2n1ccc2c(Cl)ncnc21. The van der Waals surface area contributed by atoms with Gasteiger partial charge in [0, 0.05) is 11.6 Å². The molecule has 0 amide bonds. The molecule has 1 saturated heterocycles. The second-order valence-electron chi connectivity index (χ2n) is 9.38. The lowest BCUT2D eigenvalue weighted by molar-refractivity contribution is -0.147. The van der Waals surface area contributed by atoms with Crippen LogP contribution in [0.1, 0.15) is 31.9 Å². The van der Waals surface area contributed by atoms with Crippen molar-refractivity contribution in [1.29, 1.82) is 0 Å². The highest BCUT2D eigenvalue weighted by molar-refractivity contribution is 6.34. The van der Waals surface area contributed by atoms with Crippen molar-refractivity contribution in [3.8, 4) is 0 Å². The van der Waals surface area contributed by atoms with Gasteiger partial charge in [0.15, 0.2) is 5.79 Å². The van der Waals surface area contributed by atoms with Gasteiger partial charge >= 0.3 is 0 Å². The Labute approximate surface area is 210 Å². The first-order valence-corrected chi connectivity index (χ1v) is 12.0. The molecule has 1 aromatic carbocycles. The molecule has 6 rings (SSSR count). The Bertz CT molecular complexity index is 1520. The molecule has 0 unspecified atom stereocenters. The molecule has 1 aliphatic heterocycles. The number of rotatable bonds is 4. The van der Waals surface area contributed by atoms with E-state index in [-0.39, 0.29) is 34.9 Å². The summed E-state index contributed by atoms with van der Waals surface area (Å²) in [6.45, 7) is 3.82. The summed E-state index contributed by atoms with van der Waals surface area (Å²) in [6.07, 6.45) is 6.39. The van der Waals surface area contributed by atoms with E-state index in [2.05, 4.69) is 21.0 Å². The first kappa shape index (κ1) is 22.7. The predicted molar refractivity (Wildman–Crippen MR) is 133 cm³/mol. The van der Waals surface area contributed by atoms with E-state index in [0.717, 1.165) is 22.2 Å². The van der Waals surface area contributed by atoms with Crippen LogP contribution >= 0.6 is 23.2 Å². The number of benzene rings is 1. The number of pyridine rings is 1. The van der Waals surface area contributed by atoms with Crippen molar-refractivity contribution in [3.63, 3.8) is 0 Å². The van der Waals surface area contributed by atoms with Gasteiger partial charge in [-0.1, -0.05) is 29.3 Å². The number of aryl methyl sites for hydroxylation is 1. The summed E-state index contributed by atoms with van der Waals surface area (Å²) in [4.78, 5) is 12.8. The van der Waals surface area contributed by atoms with Crippen LogP contribution in [0, 0.1) is 5.82 Å². The van der Waals surface area contributed by atoms with E-state index in [9.17, 15) is 4.39 Å². The van der Waals surface area contributed by atoms with E-state index < -0.39 is 5.79 Å². The van der Waals surface area contributed by atoms with Gasteiger partial charge in [0.2, 0.25) is 0 Å². The minimum Gasteiger partial charge on any atom is -0.382 e. The lowest BCUT2D eigenvalue weighted by Crippen LogP contribution is -2.27. The molecule has 0 radical (unpaired) electrons. The fraction of sp³-hybridized carbons (Fsp3) is 0.320. The molecule has 3 atom stereocenters. The molecule has 35 heavy (non-hydrogen) atoms. The van der Waals surface area contributed by atoms with E-state index in [1.165, 1.54) is 18.5 Å². The zero-order valence-corrected chi connectivity index (χ0v) is 20.5. The molecule has 3 aromatic heterocycles. The molecule has 0 spiro atoms. The third-order valence-electron chi connectivity index (χ3n) is 6.62. The van der Waals surface area contributed by atoms with E-state index in [4.69, 9.17) is 38.4 Å². The largest absolute Gasteiger partial charge is 0.382 e. The molecule has 1 aliphatic carbocycles. The fourth-order valence-corrected chi connectivity index (χ4v) is 5.43. The van der Waals surface area contributed by atoms with Crippen LogP contribution in [0.3, 0.4) is 0 Å². The molecule has 2 N–H and O–H groups in total. The van der Waals surface area contributed by atoms with Crippen molar-refractivity contribution in [3.05, 3.63) is 70.0 Å². The summed E-state index contributed by atoms with van der Waals surface area (Å²) < 4.78 is 29.4.